The van der Waals surface area contributed by atoms with Crippen LogP contribution in [0.15, 0.2) is 18.2 Å². The van der Waals surface area contributed by atoms with E-state index >= 15 is 0 Å². The molecular formula is C16H17ClN2O2. The molecule has 0 saturated carbocycles. The van der Waals surface area contributed by atoms with Crippen molar-refractivity contribution >= 4 is 29.1 Å². The van der Waals surface area contributed by atoms with Gasteiger partial charge < -0.3 is 5.73 Å². The van der Waals surface area contributed by atoms with Crippen molar-refractivity contribution in [2.24, 2.45) is 11.1 Å². The molecule has 1 aromatic carbocycles. The van der Waals surface area contributed by atoms with Gasteiger partial charge in [0.1, 0.15) is 0 Å². The molecule has 1 saturated heterocycles. The van der Waals surface area contributed by atoms with Crippen molar-refractivity contribution in [3.8, 4) is 11.8 Å². The lowest BCUT2D eigenvalue weighted by atomic mass is 9.81. The lowest BCUT2D eigenvalue weighted by molar-refractivity contribution is -0.132. The van der Waals surface area contributed by atoms with Gasteiger partial charge in [-0.3, -0.25) is 9.59 Å². The van der Waals surface area contributed by atoms with Gasteiger partial charge in [-0.1, -0.05) is 37.3 Å². The SMILES string of the molecule is CC1(C)CC(=O)N(c2cc(C#CCN)ccc2Cl)C(=O)C1. The molecule has 0 aliphatic carbocycles. The van der Waals surface area contributed by atoms with E-state index < -0.39 is 0 Å². The first kappa shape index (κ1) is 15.6. The van der Waals surface area contributed by atoms with E-state index in [4.69, 9.17) is 17.3 Å². The Morgan fingerprint density at radius 1 is 1.29 bits per heavy atom. The van der Waals surface area contributed by atoms with Gasteiger partial charge in [0.05, 0.1) is 17.3 Å². The number of carbonyl (C=O) groups is 2. The van der Waals surface area contributed by atoms with Crippen molar-refractivity contribution in [1.29, 1.82) is 0 Å². The van der Waals surface area contributed by atoms with Gasteiger partial charge >= 0.3 is 0 Å². The molecule has 1 aliphatic heterocycles. The molecule has 2 rings (SSSR count). The van der Waals surface area contributed by atoms with Gasteiger partial charge in [0.15, 0.2) is 0 Å². The van der Waals surface area contributed by atoms with Crippen LogP contribution in [0.1, 0.15) is 32.3 Å². The Kier molecular flexibility index (Phi) is 4.36. The van der Waals surface area contributed by atoms with E-state index in [1.54, 1.807) is 18.2 Å². The van der Waals surface area contributed by atoms with Gasteiger partial charge in [-0.2, -0.15) is 0 Å². The minimum atomic E-state index is -0.311. The van der Waals surface area contributed by atoms with E-state index in [1.807, 2.05) is 13.8 Å². The molecule has 1 fully saturated rings. The summed E-state index contributed by atoms with van der Waals surface area (Å²) < 4.78 is 0. The number of hydrogen-bond donors (Lipinski definition) is 1. The van der Waals surface area contributed by atoms with Gasteiger partial charge in [-0.25, -0.2) is 4.90 Å². The van der Waals surface area contributed by atoms with Gasteiger partial charge in [0, 0.05) is 18.4 Å². The molecule has 1 aliphatic rings. The average Bonchev–Trinajstić information content (AvgIpc) is 2.37. The average molecular weight is 305 g/mol. The molecule has 0 atom stereocenters. The van der Waals surface area contributed by atoms with Gasteiger partial charge in [-0.15, -0.1) is 0 Å². The molecule has 0 radical (unpaired) electrons. The number of carbonyl (C=O) groups excluding carboxylic acids is 2. The number of nitrogens with zero attached hydrogens (tertiary/aromatic N) is 1. The highest BCUT2D eigenvalue weighted by Gasteiger charge is 2.38. The van der Waals surface area contributed by atoms with Crippen molar-refractivity contribution in [2.75, 3.05) is 11.4 Å². The summed E-state index contributed by atoms with van der Waals surface area (Å²) in [6.45, 7) is 4.06. The van der Waals surface area contributed by atoms with Gasteiger partial charge in [0.2, 0.25) is 11.8 Å². The van der Waals surface area contributed by atoms with Crippen LogP contribution in [0.25, 0.3) is 0 Å². The third-order valence-electron chi connectivity index (χ3n) is 3.28. The fourth-order valence-electron chi connectivity index (χ4n) is 2.36. The Labute approximate surface area is 129 Å². The maximum Gasteiger partial charge on any atom is 0.234 e. The minimum absolute atomic E-state index is 0.234. The van der Waals surface area contributed by atoms with E-state index in [2.05, 4.69) is 11.8 Å². The maximum absolute atomic E-state index is 12.3. The van der Waals surface area contributed by atoms with Crippen LogP contribution in [0.3, 0.4) is 0 Å². The first-order valence-electron chi connectivity index (χ1n) is 6.68. The summed E-state index contributed by atoms with van der Waals surface area (Å²) >= 11 is 6.15. The zero-order valence-corrected chi connectivity index (χ0v) is 12.8. The zero-order chi connectivity index (χ0) is 15.6. The van der Waals surface area contributed by atoms with Gasteiger partial charge in [0.25, 0.3) is 0 Å². The van der Waals surface area contributed by atoms with Crippen LogP contribution in [-0.4, -0.2) is 18.4 Å². The van der Waals surface area contributed by atoms with E-state index in [0.29, 0.717) is 29.1 Å². The summed E-state index contributed by atoms with van der Waals surface area (Å²) in [4.78, 5) is 25.7. The van der Waals surface area contributed by atoms with Crippen LogP contribution in [0, 0.1) is 17.3 Å². The molecule has 4 nitrogen and oxygen atoms in total. The Balaban J connectivity index is 2.41. The third-order valence-corrected chi connectivity index (χ3v) is 3.60. The van der Waals surface area contributed by atoms with Crippen LogP contribution >= 0.6 is 11.6 Å². The molecular weight excluding hydrogens is 288 g/mol. The summed E-state index contributed by atoms with van der Waals surface area (Å²) in [5, 5.41) is 0.356. The van der Waals surface area contributed by atoms with E-state index in [-0.39, 0.29) is 23.8 Å². The number of rotatable bonds is 1. The third kappa shape index (κ3) is 3.44. The molecule has 2 N–H and O–H groups in total. The summed E-state index contributed by atoms with van der Waals surface area (Å²) in [5.41, 5.74) is 6.10. The zero-order valence-electron chi connectivity index (χ0n) is 12.1. The predicted molar refractivity (Wildman–Crippen MR) is 82.9 cm³/mol. The van der Waals surface area contributed by atoms with Crippen LogP contribution in [0.4, 0.5) is 5.69 Å². The fraction of sp³-hybridized carbons (Fsp3) is 0.375. The lowest BCUT2D eigenvalue weighted by Crippen LogP contribution is -2.46. The normalized spacial score (nSPS) is 17.4. The highest BCUT2D eigenvalue weighted by Crippen LogP contribution is 2.36. The number of amides is 2. The number of anilines is 1. The highest BCUT2D eigenvalue weighted by molar-refractivity contribution is 6.35. The molecule has 1 aromatic rings. The first-order chi connectivity index (χ1) is 9.84. The summed E-state index contributed by atoms with van der Waals surface area (Å²) in [5.74, 6) is 5.14. The Morgan fingerprint density at radius 3 is 2.48 bits per heavy atom. The predicted octanol–water partition coefficient (Wildman–Crippen LogP) is 2.33. The number of nitrogens with two attached hydrogens (primary N) is 1. The number of halogens is 1. The van der Waals surface area contributed by atoms with Gasteiger partial charge in [-0.05, 0) is 23.6 Å². The number of imide groups is 1. The van der Waals surface area contributed by atoms with Crippen molar-refractivity contribution in [1.82, 2.24) is 0 Å². The number of hydrogen-bond acceptors (Lipinski definition) is 3. The quantitative estimate of drug-likeness (QED) is 0.640. The summed E-state index contributed by atoms with van der Waals surface area (Å²) in [6, 6.07) is 5.02. The topological polar surface area (TPSA) is 63.4 Å². The monoisotopic (exact) mass is 304 g/mol. The first-order valence-corrected chi connectivity index (χ1v) is 7.06. The second-order valence-electron chi connectivity index (χ2n) is 5.81. The van der Waals surface area contributed by atoms with E-state index in [9.17, 15) is 9.59 Å². The molecule has 110 valence electrons. The largest absolute Gasteiger partial charge is 0.320 e. The molecule has 0 aromatic heterocycles. The molecule has 0 bridgehead atoms. The Hall–Kier alpha value is -1.83. The number of benzene rings is 1. The van der Waals surface area contributed by atoms with Crippen molar-refractivity contribution in [2.45, 2.75) is 26.7 Å². The Morgan fingerprint density at radius 2 is 1.90 bits per heavy atom. The Bertz CT molecular complexity index is 636. The summed E-state index contributed by atoms with van der Waals surface area (Å²) in [7, 11) is 0. The maximum atomic E-state index is 12.3. The van der Waals surface area contributed by atoms with E-state index in [1.165, 1.54) is 4.90 Å². The smallest absolute Gasteiger partial charge is 0.234 e. The molecule has 5 heteroatoms. The van der Waals surface area contributed by atoms with Crippen molar-refractivity contribution in [3.05, 3.63) is 28.8 Å². The second kappa shape index (κ2) is 5.88. The standard InChI is InChI=1S/C16H17ClN2O2/c1-16(2)9-14(20)19(15(21)10-16)13-8-11(4-3-7-18)5-6-12(13)17/h5-6,8H,7,9-10,18H2,1-2H3. The van der Waals surface area contributed by atoms with Crippen LogP contribution in [-0.2, 0) is 9.59 Å². The number of piperidine rings is 1. The summed E-state index contributed by atoms with van der Waals surface area (Å²) in [6.07, 6.45) is 0.627. The van der Waals surface area contributed by atoms with E-state index in [0.717, 1.165) is 0 Å². The van der Waals surface area contributed by atoms with Crippen LogP contribution < -0.4 is 10.6 Å². The highest BCUT2D eigenvalue weighted by atomic mass is 35.5. The van der Waals surface area contributed by atoms with Crippen LogP contribution in [0.2, 0.25) is 5.02 Å². The lowest BCUT2D eigenvalue weighted by Gasteiger charge is -2.35. The minimum Gasteiger partial charge on any atom is -0.320 e. The van der Waals surface area contributed by atoms with Crippen molar-refractivity contribution in [3.63, 3.8) is 0 Å². The second-order valence-corrected chi connectivity index (χ2v) is 6.22. The molecule has 0 spiro atoms. The fourth-order valence-corrected chi connectivity index (χ4v) is 2.56. The molecule has 2 amide bonds. The van der Waals surface area contributed by atoms with Crippen LogP contribution in [0.5, 0.6) is 0 Å². The molecule has 0 unspecified atom stereocenters. The molecule has 21 heavy (non-hydrogen) atoms. The molecule has 1 heterocycles. The van der Waals surface area contributed by atoms with Crippen molar-refractivity contribution < 1.29 is 9.59 Å².